The Labute approximate surface area is 437 Å². The fraction of sp³-hybridized carbons (Fsp3) is 0.200. The smallest absolute Gasteiger partial charge is 0.306 e. The zero-order valence-electron chi connectivity index (χ0n) is 42.5. The normalized spacial score (nSPS) is 12.3. The molecule has 1 aliphatic carbocycles. The second kappa shape index (κ2) is 29.1. The van der Waals surface area contributed by atoms with E-state index in [-0.39, 0.29) is 50.4 Å². The average Bonchev–Trinajstić information content (AvgIpc) is 3.45. The molecule has 9 heteroatoms. The predicted octanol–water partition coefficient (Wildman–Crippen LogP) is 14.4. The van der Waals surface area contributed by atoms with Gasteiger partial charge in [-0.3, -0.25) is 14.4 Å². The minimum absolute atomic E-state index is 0.105. The number of carbonyl (C=O) groups excluding carboxylic acids is 4. The van der Waals surface area contributed by atoms with Gasteiger partial charge in [0.15, 0.2) is 0 Å². The second-order valence-corrected chi connectivity index (χ2v) is 17.7. The van der Waals surface area contributed by atoms with Gasteiger partial charge in [0, 0.05) is 60.3 Å². The van der Waals surface area contributed by atoms with Gasteiger partial charge in [0.05, 0.1) is 7.11 Å². The molecule has 378 valence electrons. The number of ether oxygens (including phenoxy) is 3. The van der Waals surface area contributed by atoms with E-state index in [1.54, 1.807) is 24.3 Å². The largest absolute Gasteiger partial charge is 0.469 e. The monoisotopic (exact) mass is 986 g/mol. The van der Waals surface area contributed by atoms with E-state index in [9.17, 15) is 19.2 Å². The highest BCUT2D eigenvalue weighted by Gasteiger charge is 2.18. The van der Waals surface area contributed by atoms with Gasteiger partial charge in [-0.25, -0.2) is 0 Å². The van der Waals surface area contributed by atoms with E-state index in [0.717, 1.165) is 86.5 Å². The average molecular weight is 987 g/mol. The maximum atomic E-state index is 12.7. The lowest BCUT2D eigenvalue weighted by Crippen LogP contribution is -2.17. The molecule has 5 aromatic rings. The predicted molar refractivity (Wildman–Crippen MR) is 300 cm³/mol. The van der Waals surface area contributed by atoms with E-state index in [1.165, 1.54) is 12.7 Å². The van der Waals surface area contributed by atoms with Crippen LogP contribution in [0.15, 0.2) is 231 Å². The Balaban J connectivity index is 1.20. The number of benzene rings is 5. The van der Waals surface area contributed by atoms with Crippen molar-refractivity contribution in [2.24, 2.45) is 0 Å². The van der Waals surface area contributed by atoms with E-state index in [2.05, 4.69) is 133 Å². The number of esters is 3. The van der Waals surface area contributed by atoms with Crippen LogP contribution in [0, 0.1) is 0 Å². The zero-order valence-corrected chi connectivity index (χ0v) is 42.5. The number of carbonyl (C=O) groups is 4. The van der Waals surface area contributed by atoms with Gasteiger partial charge in [-0.1, -0.05) is 142 Å². The van der Waals surface area contributed by atoms with Crippen molar-refractivity contribution in [1.82, 2.24) is 0 Å². The van der Waals surface area contributed by atoms with Crippen LogP contribution in [0.1, 0.15) is 72.8 Å². The third-order valence-corrected chi connectivity index (χ3v) is 12.4. The first kappa shape index (κ1) is 54.8. The van der Waals surface area contributed by atoms with Crippen LogP contribution in [0.4, 0.5) is 22.7 Å². The Morgan fingerprint density at radius 2 is 1.18 bits per heavy atom. The maximum Gasteiger partial charge on any atom is 0.306 e. The summed E-state index contributed by atoms with van der Waals surface area (Å²) in [5.74, 6) is -0.809. The van der Waals surface area contributed by atoms with Crippen LogP contribution in [0.3, 0.4) is 0 Å². The highest BCUT2D eigenvalue weighted by atomic mass is 16.5. The van der Waals surface area contributed by atoms with E-state index >= 15 is 0 Å². The molecule has 0 saturated carbocycles. The number of anilines is 4. The Bertz CT molecular complexity index is 2890. The Morgan fingerprint density at radius 1 is 0.595 bits per heavy atom. The SMILES string of the molecule is C=CC(=C)C=CC(=C)COC(=O)CCc1ccc(N(c2ccc(CCC(=O)OCc3ccccc3)cc2)c2ccc(C3=CC=C(N(C=CC=C(C=C)CCC(=O)OC)c4ccc(CCC=O)cc4)CC3)cc2)cc1. The molecule has 9 nitrogen and oxygen atoms in total. The molecule has 0 fully saturated rings. The molecule has 0 spiro atoms. The first-order valence-corrected chi connectivity index (χ1v) is 24.9. The molecule has 0 heterocycles. The van der Waals surface area contributed by atoms with Gasteiger partial charge in [0.2, 0.25) is 0 Å². The highest BCUT2D eigenvalue weighted by Crippen LogP contribution is 2.37. The van der Waals surface area contributed by atoms with Gasteiger partial charge in [0.1, 0.15) is 19.5 Å². The molecule has 0 amide bonds. The van der Waals surface area contributed by atoms with Crippen molar-refractivity contribution < 1.29 is 33.4 Å². The minimum Gasteiger partial charge on any atom is -0.469 e. The van der Waals surface area contributed by atoms with Crippen LogP contribution in [0.2, 0.25) is 0 Å². The molecule has 0 bridgehead atoms. The van der Waals surface area contributed by atoms with Crippen molar-refractivity contribution in [3.05, 3.63) is 259 Å². The van der Waals surface area contributed by atoms with Crippen molar-refractivity contribution in [3.8, 4) is 0 Å². The van der Waals surface area contributed by atoms with Gasteiger partial charge in [-0.05, 0) is 149 Å². The molecule has 0 radical (unpaired) electrons. The standard InChI is InChI=1S/C65H66N2O7/c1-6-49(3)17-18-50(4)47-73-64(70)43-26-53-21-34-60(35-22-53)67(61-36-23-54(24-37-61)27-44-65(71)74-48-55-13-9-8-10-14-55)62-40-30-57(31-41-62)56-28-38-59(39-29-56)66(58-32-19-52(20-33-58)16-12-46-68)45-11-15-51(7-2)25-42-63(69)72-5/h6-11,13-15,17-24,28,30-38,40-41,45-46H,1-4,12,16,25-27,29,39,42-44,47-48H2,5H3. The zero-order chi connectivity index (χ0) is 52.5. The molecule has 0 N–H and O–H groups in total. The number of aldehydes is 1. The Hall–Kier alpha value is -8.56. The van der Waals surface area contributed by atoms with E-state index < -0.39 is 0 Å². The summed E-state index contributed by atoms with van der Waals surface area (Å²) >= 11 is 0. The molecule has 0 saturated heterocycles. The van der Waals surface area contributed by atoms with Gasteiger partial charge in [0.25, 0.3) is 0 Å². The van der Waals surface area contributed by atoms with Crippen LogP contribution in [0.25, 0.3) is 5.57 Å². The van der Waals surface area contributed by atoms with Crippen molar-refractivity contribution >= 4 is 52.5 Å². The van der Waals surface area contributed by atoms with Crippen LogP contribution in [-0.4, -0.2) is 37.9 Å². The summed E-state index contributed by atoms with van der Waals surface area (Å²) in [6.07, 6.45) is 23.4. The lowest BCUT2D eigenvalue weighted by molar-refractivity contribution is -0.145. The number of rotatable bonds is 28. The minimum atomic E-state index is -0.301. The second-order valence-electron chi connectivity index (χ2n) is 17.7. The van der Waals surface area contributed by atoms with E-state index in [4.69, 9.17) is 14.2 Å². The maximum absolute atomic E-state index is 12.7. The number of nitrogens with zero attached hydrogens (tertiary/aromatic N) is 2. The third-order valence-electron chi connectivity index (χ3n) is 12.4. The molecule has 1 aliphatic rings. The van der Waals surface area contributed by atoms with Crippen molar-refractivity contribution in [1.29, 1.82) is 0 Å². The molecule has 0 aliphatic heterocycles. The molecule has 0 atom stereocenters. The van der Waals surface area contributed by atoms with Crippen molar-refractivity contribution in [3.63, 3.8) is 0 Å². The van der Waals surface area contributed by atoms with E-state index in [0.29, 0.717) is 37.7 Å². The first-order chi connectivity index (χ1) is 36.0. The van der Waals surface area contributed by atoms with Gasteiger partial charge >= 0.3 is 17.9 Å². The molecule has 74 heavy (non-hydrogen) atoms. The van der Waals surface area contributed by atoms with Crippen LogP contribution in [-0.2, 0) is 59.3 Å². The summed E-state index contributed by atoms with van der Waals surface area (Å²) in [5, 5.41) is 0. The van der Waals surface area contributed by atoms with Gasteiger partial charge < -0.3 is 28.8 Å². The topological polar surface area (TPSA) is 102 Å². The Kier molecular flexibility index (Phi) is 21.5. The summed E-state index contributed by atoms with van der Waals surface area (Å²) in [7, 11) is 1.39. The summed E-state index contributed by atoms with van der Waals surface area (Å²) in [6.45, 7) is 15.8. The van der Waals surface area contributed by atoms with E-state index in [1.807, 2.05) is 60.8 Å². The third kappa shape index (κ3) is 17.3. The number of hydrogen-bond acceptors (Lipinski definition) is 9. The summed E-state index contributed by atoms with van der Waals surface area (Å²) in [6, 6.07) is 43.0. The quantitative estimate of drug-likeness (QED) is 0.0210. The van der Waals surface area contributed by atoms with Gasteiger partial charge in [-0.15, -0.1) is 0 Å². The highest BCUT2D eigenvalue weighted by molar-refractivity contribution is 5.79. The summed E-state index contributed by atoms with van der Waals surface area (Å²) in [5.41, 5.74) is 13.7. The summed E-state index contributed by atoms with van der Waals surface area (Å²) < 4.78 is 15.8. The molecule has 0 unspecified atom stereocenters. The fourth-order valence-electron chi connectivity index (χ4n) is 8.10. The number of hydrogen-bond donors (Lipinski definition) is 0. The van der Waals surface area contributed by atoms with Crippen LogP contribution < -0.4 is 9.80 Å². The van der Waals surface area contributed by atoms with Crippen molar-refractivity contribution in [2.75, 3.05) is 23.5 Å². The fourth-order valence-corrected chi connectivity index (χ4v) is 8.10. The first-order valence-electron chi connectivity index (χ1n) is 24.9. The molecular formula is C65H66N2O7. The van der Waals surface area contributed by atoms with Crippen LogP contribution >= 0.6 is 0 Å². The molecule has 6 rings (SSSR count). The molecule has 0 aromatic heterocycles. The Morgan fingerprint density at radius 3 is 1.73 bits per heavy atom. The number of aryl methyl sites for hydroxylation is 3. The van der Waals surface area contributed by atoms with Crippen molar-refractivity contribution in [2.45, 2.75) is 70.8 Å². The number of allylic oxidation sites excluding steroid dienone is 11. The lowest BCUT2D eigenvalue weighted by Gasteiger charge is -2.27. The molecule has 5 aromatic carbocycles. The van der Waals surface area contributed by atoms with Crippen LogP contribution in [0.5, 0.6) is 0 Å². The number of methoxy groups -OCH3 is 1. The lowest BCUT2D eigenvalue weighted by atomic mass is 9.95. The van der Waals surface area contributed by atoms with Gasteiger partial charge in [-0.2, -0.15) is 0 Å². The summed E-state index contributed by atoms with van der Waals surface area (Å²) in [4.78, 5) is 52.5. The molecular weight excluding hydrogens is 921 g/mol.